The van der Waals surface area contributed by atoms with E-state index in [4.69, 9.17) is 15.6 Å². The molecule has 2 fully saturated rings. The average molecular weight is 390 g/mol. The second-order valence-electron chi connectivity index (χ2n) is 7.18. The Bertz CT molecular complexity index is 834. The molecular weight excluding hydrogens is 366 g/mol. The number of aliphatic hydroxyl groups excluding tert-OH is 1. The number of amides is 3. The summed E-state index contributed by atoms with van der Waals surface area (Å²) in [5.41, 5.74) is 0.459. The molecular formula is C19H23N3O6. The standard InChI is InChI=1S/C19H23N3O6/c1-19(2)27-14-12(10-23)26-17(15(14)28-19)22-9-8-13(21-18(22)25)20-16(24)11-6-4-3-5-7-11/h3-9,12-15,17,23H,10H2,1-2H3,(H,20,24)(H,21,25)/t12-,13?,14-,15-,17+/m1/s1/i17D. The van der Waals surface area contributed by atoms with Crippen LogP contribution in [0.5, 0.6) is 0 Å². The third-order valence-electron chi connectivity index (χ3n) is 4.68. The molecule has 4 rings (SSSR count). The van der Waals surface area contributed by atoms with Crippen LogP contribution in [0.1, 0.15) is 25.6 Å². The lowest BCUT2D eigenvalue weighted by Gasteiger charge is -2.34. The molecule has 3 heterocycles. The third-order valence-corrected chi connectivity index (χ3v) is 4.68. The molecule has 3 N–H and O–H groups in total. The SMILES string of the molecule is [2H][C@]1(N2C=CC(NC(=O)c3ccccc3)NC2=O)O[C@H](CO)[C@H]2OC(C)(C)O[C@H]21. The molecule has 9 nitrogen and oxygen atoms in total. The Morgan fingerprint density at radius 1 is 1.32 bits per heavy atom. The summed E-state index contributed by atoms with van der Waals surface area (Å²) in [4.78, 5) is 26.0. The number of nitrogens with zero attached hydrogens (tertiary/aromatic N) is 1. The molecule has 0 aromatic heterocycles. The molecule has 0 saturated carbocycles. The molecule has 0 bridgehead atoms. The van der Waals surface area contributed by atoms with Crippen LogP contribution in [0.25, 0.3) is 0 Å². The Balaban J connectivity index is 1.51. The van der Waals surface area contributed by atoms with Crippen molar-refractivity contribution < 1.29 is 30.3 Å². The number of urea groups is 1. The highest BCUT2D eigenvalue weighted by molar-refractivity contribution is 5.94. The van der Waals surface area contributed by atoms with Gasteiger partial charge in [-0.1, -0.05) is 18.2 Å². The molecule has 0 aliphatic carbocycles. The van der Waals surface area contributed by atoms with E-state index >= 15 is 0 Å². The van der Waals surface area contributed by atoms with Crippen LogP contribution in [0.3, 0.4) is 0 Å². The fourth-order valence-electron chi connectivity index (χ4n) is 3.44. The van der Waals surface area contributed by atoms with E-state index in [0.29, 0.717) is 5.56 Å². The van der Waals surface area contributed by atoms with Gasteiger partial charge in [-0.2, -0.15) is 0 Å². The third kappa shape index (κ3) is 3.49. The van der Waals surface area contributed by atoms with Crippen molar-refractivity contribution in [3.05, 3.63) is 48.2 Å². The number of ether oxygens (including phenoxy) is 3. The van der Waals surface area contributed by atoms with Crippen molar-refractivity contribution in [3.8, 4) is 0 Å². The van der Waals surface area contributed by atoms with Crippen LogP contribution in [-0.4, -0.2) is 65.0 Å². The molecule has 1 unspecified atom stereocenters. The number of hydrogen-bond acceptors (Lipinski definition) is 6. The minimum atomic E-state index is -1.93. The summed E-state index contributed by atoms with van der Waals surface area (Å²) in [5.74, 6) is -1.32. The zero-order valence-corrected chi connectivity index (χ0v) is 15.5. The van der Waals surface area contributed by atoms with Crippen molar-refractivity contribution in [2.75, 3.05) is 6.61 Å². The number of aliphatic hydroxyl groups is 1. The van der Waals surface area contributed by atoms with Gasteiger partial charge in [0.2, 0.25) is 0 Å². The number of benzene rings is 1. The quantitative estimate of drug-likeness (QED) is 0.692. The Labute approximate surface area is 163 Å². The fraction of sp³-hybridized carbons (Fsp3) is 0.474. The lowest BCUT2D eigenvalue weighted by atomic mass is 10.1. The molecule has 3 aliphatic rings. The number of hydrogen-bond donors (Lipinski definition) is 3. The van der Waals surface area contributed by atoms with E-state index in [1.54, 1.807) is 44.2 Å². The van der Waals surface area contributed by atoms with Crippen LogP contribution < -0.4 is 10.6 Å². The van der Waals surface area contributed by atoms with Gasteiger partial charge >= 0.3 is 6.03 Å². The van der Waals surface area contributed by atoms with Crippen LogP contribution in [0.15, 0.2) is 42.6 Å². The van der Waals surface area contributed by atoms with E-state index in [9.17, 15) is 14.7 Å². The Hall–Kier alpha value is -2.46. The second kappa shape index (κ2) is 7.17. The van der Waals surface area contributed by atoms with Crippen molar-refractivity contribution in [2.24, 2.45) is 0 Å². The molecule has 28 heavy (non-hydrogen) atoms. The average Bonchev–Trinajstić information content (AvgIpc) is 3.14. The van der Waals surface area contributed by atoms with Gasteiger partial charge in [0.15, 0.2) is 12.0 Å². The van der Waals surface area contributed by atoms with Gasteiger partial charge in [-0.05, 0) is 32.1 Å². The van der Waals surface area contributed by atoms with E-state index < -0.39 is 42.5 Å². The highest BCUT2D eigenvalue weighted by Gasteiger charge is 2.57. The maximum absolute atomic E-state index is 12.7. The van der Waals surface area contributed by atoms with Gasteiger partial charge in [0.25, 0.3) is 5.91 Å². The van der Waals surface area contributed by atoms with Gasteiger partial charge < -0.3 is 30.0 Å². The number of fused-ring (bicyclic) bond motifs is 1. The van der Waals surface area contributed by atoms with Crippen molar-refractivity contribution in [2.45, 2.75) is 50.3 Å². The van der Waals surface area contributed by atoms with Gasteiger partial charge in [-0.25, -0.2) is 4.79 Å². The van der Waals surface area contributed by atoms with Crippen LogP contribution in [-0.2, 0) is 14.2 Å². The Morgan fingerprint density at radius 3 is 2.71 bits per heavy atom. The number of carbonyl (C=O) groups excluding carboxylic acids is 2. The smallest absolute Gasteiger partial charge is 0.325 e. The minimum Gasteiger partial charge on any atom is -0.394 e. The van der Waals surface area contributed by atoms with Gasteiger partial charge in [-0.15, -0.1) is 0 Å². The summed E-state index contributed by atoms with van der Waals surface area (Å²) in [6.07, 6.45) is -2.20. The Morgan fingerprint density at radius 2 is 2.04 bits per heavy atom. The van der Waals surface area contributed by atoms with Crippen LogP contribution in [0, 0.1) is 0 Å². The van der Waals surface area contributed by atoms with E-state index in [1.807, 2.05) is 0 Å². The first kappa shape index (κ1) is 17.6. The molecule has 3 aliphatic heterocycles. The normalized spacial score (nSPS) is 36.6. The zero-order chi connectivity index (χ0) is 20.8. The first-order chi connectivity index (χ1) is 13.7. The highest BCUT2D eigenvalue weighted by atomic mass is 16.8. The van der Waals surface area contributed by atoms with Crippen molar-refractivity contribution >= 4 is 11.9 Å². The highest BCUT2D eigenvalue weighted by Crippen LogP contribution is 2.40. The molecule has 1 aromatic carbocycles. The molecule has 2 saturated heterocycles. The van der Waals surface area contributed by atoms with E-state index in [-0.39, 0.29) is 12.5 Å². The first-order valence-corrected chi connectivity index (χ1v) is 9.02. The first-order valence-electron chi connectivity index (χ1n) is 9.52. The van der Waals surface area contributed by atoms with E-state index in [0.717, 1.165) is 4.90 Å². The van der Waals surface area contributed by atoms with Crippen molar-refractivity contribution in [3.63, 3.8) is 0 Å². The topological polar surface area (TPSA) is 109 Å². The van der Waals surface area contributed by atoms with Crippen LogP contribution >= 0.6 is 0 Å². The lowest BCUT2D eigenvalue weighted by molar-refractivity contribution is -0.201. The van der Waals surface area contributed by atoms with Gasteiger partial charge in [0.05, 0.1) is 7.98 Å². The number of carbonyl (C=O) groups is 2. The second-order valence-corrected chi connectivity index (χ2v) is 7.18. The van der Waals surface area contributed by atoms with Crippen molar-refractivity contribution in [1.29, 1.82) is 0 Å². The summed E-state index contributed by atoms with van der Waals surface area (Å²) in [5, 5.41) is 14.9. The molecule has 5 atom stereocenters. The maximum atomic E-state index is 12.7. The molecule has 0 radical (unpaired) electrons. The maximum Gasteiger partial charge on any atom is 0.325 e. The molecule has 0 spiro atoms. The predicted octanol–water partition coefficient (Wildman–Crippen LogP) is 0.519. The molecule has 3 amide bonds. The number of nitrogens with one attached hydrogen (secondary N) is 2. The van der Waals surface area contributed by atoms with Crippen molar-refractivity contribution in [1.82, 2.24) is 15.5 Å². The summed E-state index contributed by atoms with van der Waals surface area (Å²) < 4.78 is 26.0. The summed E-state index contributed by atoms with van der Waals surface area (Å²) in [7, 11) is 0. The number of rotatable bonds is 4. The van der Waals surface area contributed by atoms with E-state index in [2.05, 4.69) is 10.6 Å². The van der Waals surface area contributed by atoms with Crippen LogP contribution in [0.2, 0.25) is 0 Å². The van der Waals surface area contributed by atoms with Crippen LogP contribution in [0.4, 0.5) is 4.79 Å². The largest absolute Gasteiger partial charge is 0.394 e. The van der Waals surface area contributed by atoms with E-state index in [1.165, 1.54) is 12.3 Å². The van der Waals surface area contributed by atoms with Gasteiger partial charge in [0, 0.05) is 11.8 Å². The van der Waals surface area contributed by atoms with Gasteiger partial charge in [-0.3, -0.25) is 9.69 Å². The Kier molecular flexibility index (Phi) is 4.52. The monoisotopic (exact) mass is 390 g/mol. The molecule has 9 heteroatoms. The fourth-order valence-corrected chi connectivity index (χ4v) is 3.44. The molecule has 1 aromatic rings. The summed E-state index contributed by atoms with van der Waals surface area (Å²) >= 11 is 0. The minimum absolute atomic E-state index is 0.346. The zero-order valence-electron chi connectivity index (χ0n) is 16.5. The van der Waals surface area contributed by atoms with Gasteiger partial charge in [0.1, 0.15) is 24.5 Å². The molecule has 150 valence electrons. The predicted molar refractivity (Wildman–Crippen MR) is 96.8 cm³/mol. The lowest BCUT2D eigenvalue weighted by Crippen LogP contribution is -2.57. The summed E-state index contributed by atoms with van der Waals surface area (Å²) in [6.45, 7) is 3.01. The summed E-state index contributed by atoms with van der Waals surface area (Å²) in [6, 6.07) is 7.96.